The average Bonchev–Trinajstić information content (AvgIpc) is 2.10. The maximum Gasteiger partial charge on any atom is 0.331 e. The van der Waals surface area contributed by atoms with Crippen molar-refractivity contribution in [1.29, 1.82) is 0 Å². The van der Waals surface area contributed by atoms with Gasteiger partial charge < -0.3 is 10.4 Å². The highest BCUT2D eigenvalue weighted by Crippen LogP contribution is 1.98. The average molecular weight is 185 g/mol. The van der Waals surface area contributed by atoms with Crippen molar-refractivity contribution in [2.75, 3.05) is 13.1 Å². The van der Waals surface area contributed by atoms with Crippen molar-refractivity contribution >= 4 is 5.97 Å². The van der Waals surface area contributed by atoms with E-state index in [-0.39, 0.29) is 0 Å². The van der Waals surface area contributed by atoms with E-state index in [4.69, 9.17) is 5.11 Å². The molecule has 0 amide bonds. The lowest BCUT2D eigenvalue weighted by atomic mass is 10.2. The fourth-order valence-corrected chi connectivity index (χ4v) is 0.982. The number of hydrogen-bond donors (Lipinski definition) is 2. The quantitative estimate of drug-likeness (QED) is 0.469. The van der Waals surface area contributed by atoms with Crippen LogP contribution in [0.25, 0.3) is 0 Å². The van der Waals surface area contributed by atoms with Crippen molar-refractivity contribution in [3.63, 3.8) is 0 Å². The van der Waals surface area contributed by atoms with Crippen molar-refractivity contribution in [1.82, 2.24) is 5.32 Å². The summed E-state index contributed by atoms with van der Waals surface area (Å²) in [5.74, 6) is -0.806. The van der Waals surface area contributed by atoms with Gasteiger partial charge in [0.25, 0.3) is 0 Å². The molecule has 0 atom stereocenters. The standard InChI is InChI=1S/C10H19NO2/c1-3-5-7-11-8-6-9(4-2)10(12)13/h6,11H,3-5,7-8H2,1-2H3,(H,12,13)/b9-6-. The summed E-state index contributed by atoms with van der Waals surface area (Å²) in [6, 6.07) is 0. The summed E-state index contributed by atoms with van der Waals surface area (Å²) in [4.78, 5) is 10.6. The SMILES string of the molecule is CCCCNC/C=C(/CC)C(=O)O. The van der Waals surface area contributed by atoms with E-state index in [1.54, 1.807) is 6.08 Å². The Morgan fingerprint density at radius 2 is 2.15 bits per heavy atom. The molecule has 76 valence electrons. The monoisotopic (exact) mass is 185 g/mol. The molecule has 0 rings (SSSR count). The third-order valence-electron chi connectivity index (χ3n) is 1.86. The van der Waals surface area contributed by atoms with Crippen LogP contribution in [-0.2, 0) is 4.79 Å². The number of unbranched alkanes of at least 4 members (excludes halogenated alkanes) is 1. The fraction of sp³-hybridized carbons (Fsp3) is 0.700. The van der Waals surface area contributed by atoms with Crippen LogP contribution in [0.5, 0.6) is 0 Å². The molecule has 0 saturated heterocycles. The van der Waals surface area contributed by atoms with Crippen LogP contribution in [0.1, 0.15) is 33.1 Å². The van der Waals surface area contributed by atoms with E-state index in [0.717, 1.165) is 19.4 Å². The molecule has 0 aliphatic heterocycles. The second-order valence-corrected chi connectivity index (χ2v) is 2.95. The molecule has 0 aromatic heterocycles. The zero-order valence-electron chi connectivity index (χ0n) is 8.47. The van der Waals surface area contributed by atoms with Crippen LogP contribution in [0.4, 0.5) is 0 Å². The van der Waals surface area contributed by atoms with E-state index < -0.39 is 5.97 Å². The Bertz CT molecular complexity index is 176. The molecule has 0 unspecified atom stereocenters. The summed E-state index contributed by atoms with van der Waals surface area (Å²) in [6.45, 7) is 5.61. The minimum atomic E-state index is -0.806. The van der Waals surface area contributed by atoms with E-state index >= 15 is 0 Å². The van der Waals surface area contributed by atoms with Crippen LogP contribution in [0, 0.1) is 0 Å². The first-order valence-corrected chi connectivity index (χ1v) is 4.85. The second-order valence-electron chi connectivity index (χ2n) is 2.95. The lowest BCUT2D eigenvalue weighted by Crippen LogP contribution is -2.16. The predicted octanol–water partition coefficient (Wildman–Crippen LogP) is 1.80. The van der Waals surface area contributed by atoms with Crippen LogP contribution in [0.3, 0.4) is 0 Å². The Morgan fingerprint density at radius 1 is 1.46 bits per heavy atom. The first-order valence-electron chi connectivity index (χ1n) is 4.85. The number of hydrogen-bond acceptors (Lipinski definition) is 2. The first kappa shape index (κ1) is 12.2. The molecule has 0 spiro atoms. The molecule has 0 aliphatic rings. The number of carbonyl (C=O) groups is 1. The third kappa shape index (κ3) is 6.34. The Morgan fingerprint density at radius 3 is 2.62 bits per heavy atom. The third-order valence-corrected chi connectivity index (χ3v) is 1.86. The molecule has 13 heavy (non-hydrogen) atoms. The summed E-state index contributed by atoms with van der Waals surface area (Å²) in [6.07, 6.45) is 4.64. The Labute approximate surface area is 79.8 Å². The summed E-state index contributed by atoms with van der Waals surface area (Å²) in [7, 11) is 0. The van der Waals surface area contributed by atoms with Gasteiger partial charge in [-0.1, -0.05) is 26.3 Å². The van der Waals surface area contributed by atoms with Crippen LogP contribution in [0.2, 0.25) is 0 Å². The maximum absolute atomic E-state index is 10.6. The number of carboxylic acid groups (broad SMARTS) is 1. The molecule has 0 fully saturated rings. The van der Waals surface area contributed by atoms with Crippen LogP contribution in [-0.4, -0.2) is 24.2 Å². The van der Waals surface area contributed by atoms with Crippen molar-refractivity contribution < 1.29 is 9.90 Å². The molecular formula is C10H19NO2. The Hall–Kier alpha value is -0.830. The van der Waals surface area contributed by atoms with Gasteiger partial charge in [0.05, 0.1) is 0 Å². The van der Waals surface area contributed by atoms with Gasteiger partial charge in [-0.05, 0) is 19.4 Å². The predicted molar refractivity (Wildman–Crippen MR) is 53.8 cm³/mol. The number of rotatable bonds is 7. The summed E-state index contributed by atoms with van der Waals surface area (Å²) in [5, 5.41) is 11.8. The minimum Gasteiger partial charge on any atom is -0.478 e. The number of nitrogens with one attached hydrogen (secondary N) is 1. The van der Waals surface area contributed by atoms with Crippen molar-refractivity contribution in [3.8, 4) is 0 Å². The highest BCUT2D eigenvalue weighted by molar-refractivity contribution is 5.86. The van der Waals surface area contributed by atoms with Gasteiger partial charge in [-0.15, -0.1) is 0 Å². The van der Waals surface area contributed by atoms with E-state index in [0.29, 0.717) is 18.5 Å². The first-order chi connectivity index (χ1) is 6.22. The molecule has 0 aliphatic carbocycles. The molecule has 0 aromatic rings. The van der Waals surface area contributed by atoms with Crippen molar-refractivity contribution in [2.24, 2.45) is 0 Å². The van der Waals surface area contributed by atoms with Crippen molar-refractivity contribution in [3.05, 3.63) is 11.6 Å². The minimum absolute atomic E-state index is 0.490. The summed E-state index contributed by atoms with van der Waals surface area (Å²) in [5.41, 5.74) is 0.490. The van der Waals surface area contributed by atoms with Gasteiger partial charge in [0.2, 0.25) is 0 Å². The van der Waals surface area contributed by atoms with Crippen molar-refractivity contribution in [2.45, 2.75) is 33.1 Å². The summed E-state index contributed by atoms with van der Waals surface area (Å²) < 4.78 is 0. The molecular weight excluding hydrogens is 166 g/mol. The molecule has 0 aromatic carbocycles. The van der Waals surface area contributed by atoms with Gasteiger partial charge in [0, 0.05) is 12.1 Å². The van der Waals surface area contributed by atoms with E-state index in [9.17, 15) is 4.79 Å². The molecule has 2 N–H and O–H groups in total. The smallest absolute Gasteiger partial charge is 0.331 e. The molecule has 0 bridgehead atoms. The second kappa shape index (κ2) is 7.80. The van der Waals surface area contributed by atoms with E-state index in [1.807, 2.05) is 6.92 Å². The normalized spacial score (nSPS) is 11.7. The van der Waals surface area contributed by atoms with E-state index in [1.165, 1.54) is 0 Å². The van der Waals surface area contributed by atoms with Crippen LogP contribution >= 0.6 is 0 Å². The van der Waals surface area contributed by atoms with Gasteiger partial charge in [-0.25, -0.2) is 4.79 Å². The maximum atomic E-state index is 10.6. The summed E-state index contributed by atoms with van der Waals surface area (Å²) >= 11 is 0. The van der Waals surface area contributed by atoms with Crippen LogP contribution in [0.15, 0.2) is 11.6 Å². The number of aliphatic carboxylic acids is 1. The van der Waals surface area contributed by atoms with Gasteiger partial charge in [-0.2, -0.15) is 0 Å². The highest BCUT2D eigenvalue weighted by Gasteiger charge is 2.01. The van der Waals surface area contributed by atoms with Gasteiger partial charge in [0.1, 0.15) is 0 Å². The number of carboxylic acids is 1. The molecule has 3 heteroatoms. The Kier molecular flexibility index (Phi) is 7.30. The molecule has 0 heterocycles. The van der Waals surface area contributed by atoms with Gasteiger partial charge in [-0.3, -0.25) is 0 Å². The lowest BCUT2D eigenvalue weighted by Gasteiger charge is -2.00. The van der Waals surface area contributed by atoms with Gasteiger partial charge >= 0.3 is 5.97 Å². The highest BCUT2D eigenvalue weighted by atomic mass is 16.4. The lowest BCUT2D eigenvalue weighted by molar-refractivity contribution is -0.132. The topological polar surface area (TPSA) is 49.3 Å². The van der Waals surface area contributed by atoms with Gasteiger partial charge in [0.15, 0.2) is 0 Å². The molecule has 0 saturated carbocycles. The zero-order valence-corrected chi connectivity index (χ0v) is 8.47. The Balaban J connectivity index is 3.61. The fourth-order valence-electron chi connectivity index (χ4n) is 0.982. The van der Waals surface area contributed by atoms with Crippen LogP contribution < -0.4 is 5.32 Å². The zero-order chi connectivity index (χ0) is 10.1. The molecule has 3 nitrogen and oxygen atoms in total. The largest absolute Gasteiger partial charge is 0.478 e. The van der Waals surface area contributed by atoms with E-state index in [2.05, 4.69) is 12.2 Å². The molecule has 0 radical (unpaired) electrons.